The monoisotopic (exact) mass is 250 g/mol. The molecule has 0 fully saturated rings. The van der Waals surface area contributed by atoms with Gasteiger partial charge in [0.15, 0.2) is 11.6 Å². The van der Waals surface area contributed by atoms with E-state index in [4.69, 9.17) is 5.26 Å². The predicted octanol–water partition coefficient (Wildman–Crippen LogP) is 2.41. The number of aromatic nitrogens is 1. The molecular formula is C15H10N2O2. The zero-order valence-corrected chi connectivity index (χ0v) is 10.0. The Morgan fingerprint density at radius 2 is 1.47 bits per heavy atom. The van der Waals surface area contributed by atoms with Gasteiger partial charge in [-0.2, -0.15) is 5.26 Å². The van der Waals surface area contributed by atoms with Gasteiger partial charge in [-0.05, 0) is 24.3 Å². The van der Waals surface area contributed by atoms with Crippen LogP contribution < -0.4 is 0 Å². The molecular weight excluding hydrogens is 240 g/mol. The van der Waals surface area contributed by atoms with Gasteiger partial charge in [0.1, 0.15) is 0 Å². The molecule has 0 amide bonds. The number of benzene rings is 1. The highest BCUT2D eigenvalue weighted by atomic mass is 16.1. The van der Waals surface area contributed by atoms with Crippen LogP contribution in [0.5, 0.6) is 0 Å². The number of ketones is 2. The molecule has 0 atom stereocenters. The maximum atomic E-state index is 11.9. The second kappa shape index (κ2) is 5.69. The van der Waals surface area contributed by atoms with Crippen molar-refractivity contribution in [3.8, 4) is 6.07 Å². The molecule has 2 aromatic rings. The molecule has 1 aromatic heterocycles. The molecule has 1 heterocycles. The van der Waals surface area contributed by atoms with Crippen LogP contribution in [0.2, 0.25) is 0 Å². The summed E-state index contributed by atoms with van der Waals surface area (Å²) in [5.74, 6) is -0.497. The van der Waals surface area contributed by atoms with Crippen molar-refractivity contribution in [2.24, 2.45) is 0 Å². The van der Waals surface area contributed by atoms with Gasteiger partial charge in [-0.25, -0.2) is 0 Å². The molecule has 4 nitrogen and oxygen atoms in total. The Morgan fingerprint density at radius 1 is 0.947 bits per heavy atom. The molecule has 0 radical (unpaired) electrons. The molecule has 0 aliphatic heterocycles. The van der Waals surface area contributed by atoms with Gasteiger partial charge in [-0.3, -0.25) is 14.6 Å². The Kier molecular flexibility index (Phi) is 3.79. The third-order valence-corrected chi connectivity index (χ3v) is 2.66. The van der Waals surface area contributed by atoms with Gasteiger partial charge in [0, 0.05) is 23.5 Å². The van der Waals surface area contributed by atoms with E-state index < -0.39 is 0 Å². The molecule has 0 saturated carbocycles. The highest BCUT2D eigenvalue weighted by Crippen LogP contribution is 2.09. The minimum Gasteiger partial charge on any atom is -0.294 e. The third kappa shape index (κ3) is 3.11. The Balaban J connectivity index is 2.09. The summed E-state index contributed by atoms with van der Waals surface area (Å²) >= 11 is 0. The molecule has 0 bridgehead atoms. The minimum absolute atomic E-state index is 0.185. The maximum Gasteiger partial charge on any atom is 0.170 e. The quantitative estimate of drug-likeness (QED) is 0.617. The van der Waals surface area contributed by atoms with E-state index in [0.717, 1.165) is 0 Å². The van der Waals surface area contributed by atoms with E-state index in [-0.39, 0.29) is 18.0 Å². The summed E-state index contributed by atoms with van der Waals surface area (Å²) in [6, 6.07) is 11.4. The van der Waals surface area contributed by atoms with Gasteiger partial charge in [-0.1, -0.05) is 12.1 Å². The van der Waals surface area contributed by atoms with E-state index in [1.807, 2.05) is 6.07 Å². The number of nitrogens with zero attached hydrogens (tertiary/aromatic N) is 2. The Morgan fingerprint density at radius 3 is 2.00 bits per heavy atom. The lowest BCUT2D eigenvalue weighted by Crippen LogP contribution is -2.08. The van der Waals surface area contributed by atoms with Gasteiger partial charge in [-0.15, -0.1) is 0 Å². The fraction of sp³-hybridized carbons (Fsp3) is 0.0667. The molecule has 19 heavy (non-hydrogen) atoms. The van der Waals surface area contributed by atoms with Crippen molar-refractivity contribution in [3.05, 3.63) is 65.5 Å². The van der Waals surface area contributed by atoms with Crippen molar-refractivity contribution in [3.63, 3.8) is 0 Å². The van der Waals surface area contributed by atoms with Crippen molar-refractivity contribution in [1.29, 1.82) is 5.26 Å². The van der Waals surface area contributed by atoms with Crippen molar-refractivity contribution in [2.45, 2.75) is 6.42 Å². The number of hydrogen-bond acceptors (Lipinski definition) is 4. The number of pyridine rings is 1. The smallest absolute Gasteiger partial charge is 0.170 e. The molecule has 0 unspecified atom stereocenters. The van der Waals surface area contributed by atoms with Gasteiger partial charge in [0.05, 0.1) is 18.1 Å². The highest BCUT2D eigenvalue weighted by molar-refractivity contribution is 6.13. The first-order valence-electron chi connectivity index (χ1n) is 5.67. The normalized spacial score (nSPS) is 9.63. The van der Waals surface area contributed by atoms with Crippen LogP contribution in [0, 0.1) is 11.3 Å². The standard InChI is InChI=1S/C15H10N2O2/c16-10-11-1-3-12(4-2-11)14(18)9-15(19)13-5-7-17-8-6-13/h1-8H,9H2. The van der Waals surface area contributed by atoms with Crippen molar-refractivity contribution in [2.75, 3.05) is 0 Å². The van der Waals surface area contributed by atoms with Crippen LogP contribution in [-0.4, -0.2) is 16.6 Å². The molecule has 0 aliphatic rings. The Bertz CT molecular complexity index is 640. The number of nitriles is 1. The van der Waals surface area contributed by atoms with Gasteiger partial charge in [0.25, 0.3) is 0 Å². The number of carbonyl (C=O) groups is 2. The van der Waals surface area contributed by atoms with Crippen LogP contribution in [0.3, 0.4) is 0 Å². The average Bonchev–Trinajstić information content (AvgIpc) is 2.48. The van der Waals surface area contributed by atoms with E-state index in [9.17, 15) is 9.59 Å². The summed E-state index contributed by atoms with van der Waals surface area (Å²) in [5, 5.41) is 8.67. The summed E-state index contributed by atoms with van der Waals surface area (Å²) < 4.78 is 0. The highest BCUT2D eigenvalue weighted by Gasteiger charge is 2.13. The lowest BCUT2D eigenvalue weighted by molar-refractivity contribution is 0.0894. The van der Waals surface area contributed by atoms with Gasteiger partial charge < -0.3 is 0 Å². The van der Waals surface area contributed by atoms with Crippen molar-refractivity contribution < 1.29 is 9.59 Å². The summed E-state index contributed by atoms with van der Waals surface area (Å²) in [6.07, 6.45) is 2.84. The SMILES string of the molecule is N#Cc1ccc(C(=O)CC(=O)c2ccncc2)cc1. The van der Waals surface area contributed by atoms with Crippen LogP contribution in [0.15, 0.2) is 48.8 Å². The molecule has 2 rings (SSSR count). The first-order chi connectivity index (χ1) is 9.20. The van der Waals surface area contributed by atoms with E-state index in [2.05, 4.69) is 4.98 Å². The maximum absolute atomic E-state index is 11.9. The van der Waals surface area contributed by atoms with E-state index in [1.165, 1.54) is 12.4 Å². The molecule has 0 spiro atoms. The topological polar surface area (TPSA) is 70.8 Å². The van der Waals surface area contributed by atoms with Crippen LogP contribution in [-0.2, 0) is 0 Å². The summed E-state index contributed by atoms with van der Waals surface area (Å²) in [4.78, 5) is 27.6. The molecule has 0 saturated heterocycles. The molecule has 4 heteroatoms. The lowest BCUT2D eigenvalue weighted by Gasteiger charge is -2.01. The Labute approximate surface area is 110 Å². The van der Waals surface area contributed by atoms with E-state index in [0.29, 0.717) is 16.7 Å². The lowest BCUT2D eigenvalue weighted by atomic mass is 10.0. The van der Waals surface area contributed by atoms with Crippen LogP contribution in [0.1, 0.15) is 32.7 Å². The van der Waals surface area contributed by atoms with Gasteiger partial charge >= 0.3 is 0 Å². The summed E-state index contributed by atoms with van der Waals surface area (Å²) in [6.45, 7) is 0. The number of hydrogen-bond donors (Lipinski definition) is 0. The number of Topliss-reactive ketones (excluding diaryl/α,β-unsaturated/α-hetero) is 2. The van der Waals surface area contributed by atoms with Gasteiger partial charge in [0.2, 0.25) is 0 Å². The van der Waals surface area contributed by atoms with E-state index >= 15 is 0 Å². The molecule has 0 N–H and O–H groups in total. The largest absolute Gasteiger partial charge is 0.294 e. The molecule has 0 aliphatic carbocycles. The molecule has 92 valence electrons. The first-order valence-corrected chi connectivity index (χ1v) is 5.67. The van der Waals surface area contributed by atoms with Crippen LogP contribution >= 0.6 is 0 Å². The first kappa shape index (κ1) is 12.7. The summed E-state index contributed by atoms with van der Waals surface area (Å²) in [5.41, 5.74) is 1.38. The zero-order chi connectivity index (χ0) is 13.7. The van der Waals surface area contributed by atoms with Crippen molar-refractivity contribution >= 4 is 11.6 Å². The Hall–Kier alpha value is -2.80. The fourth-order valence-corrected chi connectivity index (χ4v) is 1.62. The number of carbonyl (C=O) groups excluding carboxylic acids is 2. The van der Waals surface area contributed by atoms with Crippen LogP contribution in [0.4, 0.5) is 0 Å². The molecule has 1 aromatic carbocycles. The summed E-state index contributed by atoms with van der Waals surface area (Å²) in [7, 11) is 0. The fourth-order valence-electron chi connectivity index (χ4n) is 1.62. The van der Waals surface area contributed by atoms with Crippen LogP contribution in [0.25, 0.3) is 0 Å². The number of rotatable bonds is 4. The van der Waals surface area contributed by atoms with Crippen molar-refractivity contribution in [1.82, 2.24) is 4.98 Å². The second-order valence-corrected chi connectivity index (χ2v) is 3.95. The van der Waals surface area contributed by atoms with E-state index in [1.54, 1.807) is 36.4 Å². The minimum atomic E-state index is -0.258. The average molecular weight is 250 g/mol. The second-order valence-electron chi connectivity index (χ2n) is 3.95. The zero-order valence-electron chi connectivity index (χ0n) is 10.0. The predicted molar refractivity (Wildman–Crippen MR) is 68.7 cm³/mol. The third-order valence-electron chi connectivity index (χ3n) is 2.66.